The first kappa shape index (κ1) is 13.5. The van der Waals surface area contributed by atoms with Gasteiger partial charge in [0.05, 0.1) is 5.92 Å². The third kappa shape index (κ3) is 2.16. The van der Waals surface area contributed by atoms with Gasteiger partial charge in [0.1, 0.15) is 4.32 Å². The number of hydrogen-bond donors (Lipinski definition) is 0. The lowest BCUT2D eigenvalue weighted by molar-refractivity contribution is -0.132. The van der Waals surface area contributed by atoms with E-state index in [1.807, 2.05) is 11.0 Å². The van der Waals surface area contributed by atoms with Crippen LogP contribution in [0.3, 0.4) is 0 Å². The molecule has 2 nitrogen and oxygen atoms in total. The normalized spacial score (nSPS) is 33.9. The summed E-state index contributed by atoms with van der Waals surface area (Å²) in [5.74, 6) is 2.48. The molecule has 1 aromatic rings. The van der Waals surface area contributed by atoms with Gasteiger partial charge in [-0.1, -0.05) is 66.5 Å². The third-order valence-electron chi connectivity index (χ3n) is 4.96. The summed E-state index contributed by atoms with van der Waals surface area (Å²) in [6.45, 7) is 0.779. The van der Waals surface area contributed by atoms with Gasteiger partial charge in [0, 0.05) is 18.2 Å². The Hall–Kier alpha value is -1.13. The minimum Gasteiger partial charge on any atom is -0.297 e. The summed E-state index contributed by atoms with van der Waals surface area (Å²) in [6.07, 6.45) is 5.67. The summed E-state index contributed by atoms with van der Waals surface area (Å²) < 4.78 is 0.763. The molecule has 3 aliphatic rings. The average molecular weight is 315 g/mol. The van der Waals surface area contributed by atoms with Crippen LogP contribution in [-0.2, 0) is 4.79 Å². The number of carbonyl (C=O) groups is 1. The standard InChI is InChI=1S/C17H17NOS2/c19-16(18-8-9-21-17(18)20)15-13-7-6-12(10-13)14(15)11-4-2-1-3-5-11/h1-7,12-15H,8-10H2. The number of thiocarbonyl (C=S) groups is 1. The Labute approximate surface area is 134 Å². The summed E-state index contributed by atoms with van der Waals surface area (Å²) in [6, 6.07) is 10.5. The topological polar surface area (TPSA) is 20.3 Å². The second kappa shape index (κ2) is 5.25. The van der Waals surface area contributed by atoms with E-state index in [-0.39, 0.29) is 11.8 Å². The first-order valence-electron chi connectivity index (χ1n) is 7.47. The highest BCUT2D eigenvalue weighted by atomic mass is 32.2. The molecule has 4 rings (SSSR count). The van der Waals surface area contributed by atoms with Crippen LogP contribution in [0, 0.1) is 17.8 Å². The maximum Gasteiger partial charge on any atom is 0.232 e. The predicted molar refractivity (Wildman–Crippen MR) is 90.2 cm³/mol. The fourth-order valence-electron chi connectivity index (χ4n) is 4.06. The van der Waals surface area contributed by atoms with Crippen LogP contribution in [0.4, 0.5) is 0 Å². The molecule has 2 bridgehead atoms. The number of benzene rings is 1. The molecule has 4 unspecified atom stereocenters. The Morgan fingerprint density at radius 1 is 1.19 bits per heavy atom. The van der Waals surface area contributed by atoms with Gasteiger partial charge in [-0.2, -0.15) is 0 Å². The molecule has 4 atom stereocenters. The smallest absolute Gasteiger partial charge is 0.232 e. The largest absolute Gasteiger partial charge is 0.297 e. The molecule has 1 aliphatic heterocycles. The first-order chi connectivity index (χ1) is 10.3. The molecule has 0 radical (unpaired) electrons. The Balaban J connectivity index is 1.68. The zero-order valence-corrected chi connectivity index (χ0v) is 13.3. The molecule has 0 aromatic heterocycles. The quantitative estimate of drug-likeness (QED) is 0.616. The molecule has 2 fully saturated rings. The van der Waals surface area contributed by atoms with Crippen molar-refractivity contribution in [2.24, 2.45) is 17.8 Å². The molecular weight excluding hydrogens is 298 g/mol. The third-order valence-corrected chi connectivity index (χ3v) is 6.38. The fourth-order valence-corrected chi connectivity index (χ4v) is 5.28. The number of thioether (sulfide) groups is 1. The number of allylic oxidation sites excluding steroid dienone is 2. The van der Waals surface area contributed by atoms with Crippen molar-refractivity contribution in [1.29, 1.82) is 0 Å². The molecule has 21 heavy (non-hydrogen) atoms. The summed E-state index contributed by atoms with van der Waals surface area (Å²) in [5, 5.41) is 0. The minimum atomic E-state index is 0.0686. The van der Waals surface area contributed by atoms with Crippen molar-refractivity contribution in [3.63, 3.8) is 0 Å². The number of hydrogen-bond acceptors (Lipinski definition) is 3. The molecule has 2 aliphatic carbocycles. The number of nitrogens with zero attached hydrogens (tertiary/aromatic N) is 1. The molecule has 1 aromatic carbocycles. The van der Waals surface area contributed by atoms with E-state index in [1.165, 1.54) is 5.56 Å². The Morgan fingerprint density at radius 2 is 1.95 bits per heavy atom. The van der Waals surface area contributed by atoms with Gasteiger partial charge in [-0.25, -0.2) is 0 Å². The van der Waals surface area contributed by atoms with Gasteiger partial charge in [-0.3, -0.25) is 9.69 Å². The van der Waals surface area contributed by atoms with Crippen molar-refractivity contribution in [3.05, 3.63) is 48.0 Å². The van der Waals surface area contributed by atoms with Crippen molar-refractivity contribution in [3.8, 4) is 0 Å². The van der Waals surface area contributed by atoms with Gasteiger partial charge in [-0.05, 0) is 23.8 Å². The summed E-state index contributed by atoms with van der Waals surface area (Å²) in [4.78, 5) is 14.9. The SMILES string of the molecule is O=C(C1C2C=CC(C2)C1c1ccccc1)N1CCSC1=S. The fraction of sp³-hybridized carbons (Fsp3) is 0.412. The molecule has 1 saturated carbocycles. The Kier molecular flexibility index (Phi) is 3.38. The summed E-state index contributed by atoms with van der Waals surface area (Å²) in [5.41, 5.74) is 1.30. The number of fused-ring (bicyclic) bond motifs is 2. The van der Waals surface area contributed by atoms with E-state index in [0.717, 1.165) is 23.0 Å². The Bertz CT molecular complexity index is 612. The second-order valence-corrected chi connectivity index (χ2v) is 7.74. The van der Waals surface area contributed by atoms with Crippen LogP contribution in [0.25, 0.3) is 0 Å². The van der Waals surface area contributed by atoms with Crippen LogP contribution in [0.2, 0.25) is 0 Å². The van der Waals surface area contributed by atoms with Crippen molar-refractivity contribution in [2.45, 2.75) is 12.3 Å². The van der Waals surface area contributed by atoms with Crippen LogP contribution in [0.1, 0.15) is 17.9 Å². The maximum atomic E-state index is 13.0. The zero-order valence-electron chi connectivity index (χ0n) is 11.6. The van der Waals surface area contributed by atoms with E-state index >= 15 is 0 Å². The molecule has 1 amide bonds. The molecule has 108 valence electrons. The van der Waals surface area contributed by atoms with Crippen LogP contribution < -0.4 is 0 Å². The highest BCUT2D eigenvalue weighted by Gasteiger charge is 2.50. The number of rotatable bonds is 2. The monoisotopic (exact) mass is 315 g/mol. The van der Waals surface area contributed by atoms with Crippen molar-refractivity contribution >= 4 is 34.2 Å². The highest BCUT2D eigenvalue weighted by molar-refractivity contribution is 8.23. The molecule has 0 spiro atoms. The van der Waals surface area contributed by atoms with E-state index in [9.17, 15) is 4.79 Å². The van der Waals surface area contributed by atoms with Crippen LogP contribution in [0.5, 0.6) is 0 Å². The van der Waals surface area contributed by atoms with Gasteiger partial charge in [-0.15, -0.1) is 0 Å². The second-order valence-electron chi connectivity index (χ2n) is 6.01. The number of amides is 1. The zero-order chi connectivity index (χ0) is 14.4. The van der Waals surface area contributed by atoms with Crippen molar-refractivity contribution < 1.29 is 4.79 Å². The van der Waals surface area contributed by atoms with E-state index in [1.54, 1.807) is 11.8 Å². The molecular formula is C17H17NOS2. The van der Waals surface area contributed by atoms with E-state index in [4.69, 9.17) is 12.2 Å². The highest BCUT2D eigenvalue weighted by Crippen LogP contribution is 2.53. The van der Waals surface area contributed by atoms with Gasteiger partial charge < -0.3 is 0 Å². The Morgan fingerprint density at radius 3 is 2.67 bits per heavy atom. The van der Waals surface area contributed by atoms with E-state index in [0.29, 0.717) is 17.8 Å². The van der Waals surface area contributed by atoms with E-state index in [2.05, 4.69) is 36.4 Å². The molecule has 4 heteroatoms. The van der Waals surface area contributed by atoms with Gasteiger partial charge in [0.15, 0.2) is 0 Å². The minimum absolute atomic E-state index is 0.0686. The van der Waals surface area contributed by atoms with Gasteiger partial charge in [0.2, 0.25) is 5.91 Å². The van der Waals surface area contributed by atoms with Crippen LogP contribution in [-0.4, -0.2) is 27.4 Å². The average Bonchev–Trinajstić information content (AvgIpc) is 3.22. The predicted octanol–water partition coefficient (Wildman–Crippen LogP) is 3.45. The van der Waals surface area contributed by atoms with Crippen LogP contribution in [0.15, 0.2) is 42.5 Å². The van der Waals surface area contributed by atoms with Crippen molar-refractivity contribution in [1.82, 2.24) is 4.90 Å². The van der Waals surface area contributed by atoms with E-state index < -0.39 is 0 Å². The van der Waals surface area contributed by atoms with Crippen LogP contribution >= 0.6 is 24.0 Å². The molecule has 0 N–H and O–H groups in total. The number of carbonyl (C=O) groups excluding carboxylic acids is 1. The maximum absolute atomic E-state index is 13.0. The van der Waals surface area contributed by atoms with Crippen molar-refractivity contribution in [2.75, 3.05) is 12.3 Å². The lowest BCUT2D eigenvalue weighted by Gasteiger charge is -2.30. The summed E-state index contributed by atoms with van der Waals surface area (Å²) in [7, 11) is 0. The lowest BCUT2D eigenvalue weighted by atomic mass is 9.78. The lowest BCUT2D eigenvalue weighted by Crippen LogP contribution is -2.40. The molecule has 1 saturated heterocycles. The first-order valence-corrected chi connectivity index (χ1v) is 8.86. The molecule has 1 heterocycles. The summed E-state index contributed by atoms with van der Waals surface area (Å²) >= 11 is 6.97. The van der Waals surface area contributed by atoms with Gasteiger partial charge >= 0.3 is 0 Å². The van der Waals surface area contributed by atoms with Gasteiger partial charge in [0.25, 0.3) is 0 Å².